The maximum atomic E-state index is 12.5. The van der Waals surface area contributed by atoms with Gasteiger partial charge in [-0.1, -0.05) is 89.5 Å². The van der Waals surface area contributed by atoms with Gasteiger partial charge in [0.15, 0.2) is 0 Å². The third-order valence-electron chi connectivity index (χ3n) is 5.50. The van der Waals surface area contributed by atoms with Gasteiger partial charge in [-0.3, -0.25) is 0 Å². The first-order chi connectivity index (χ1) is 16.7. The van der Waals surface area contributed by atoms with Gasteiger partial charge in [0.2, 0.25) is 0 Å². The summed E-state index contributed by atoms with van der Waals surface area (Å²) < 4.78 is 16.3. The minimum Gasteiger partial charge on any atom is -0.489 e. The molecule has 2 rings (SSSR count). The standard InChI is InChI=1S/C29H38O5/c1-3-5-6-7-8-9-10-11-12-15-23-33-28(30)24-18-20-25(21-19-24)34-29(31)26-16-13-14-17-27(26)32-22-4-2/h4,13-14,16-21H,2-3,5-12,15,22-23H2,1H3. The normalized spacial score (nSPS) is 10.5. The van der Waals surface area contributed by atoms with Gasteiger partial charge in [-0.05, 0) is 42.8 Å². The molecule has 0 atom stereocenters. The molecular formula is C29H38O5. The second kappa shape index (κ2) is 16.5. The summed E-state index contributed by atoms with van der Waals surface area (Å²) in [5, 5.41) is 0. The third-order valence-corrected chi connectivity index (χ3v) is 5.50. The van der Waals surface area contributed by atoms with Crippen LogP contribution in [0.15, 0.2) is 61.2 Å². The fraction of sp³-hybridized carbons (Fsp3) is 0.448. The zero-order valence-corrected chi connectivity index (χ0v) is 20.4. The molecule has 0 spiro atoms. The predicted octanol–water partition coefficient (Wildman–Crippen LogP) is 7.55. The van der Waals surface area contributed by atoms with Crippen molar-refractivity contribution in [2.45, 2.75) is 71.1 Å². The largest absolute Gasteiger partial charge is 0.489 e. The minimum absolute atomic E-state index is 0.292. The summed E-state index contributed by atoms with van der Waals surface area (Å²) in [5.41, 5.74) is 0.755. The van der Waals surface area contributed by atoms with Gasteiger partial charge in [0.25, 0.3) is 0 Å². The summed E-state index contributed by atoms with van der Waals surface area (Å²) in [7, 11) is 0. The smallest absolute Gasteiger partial charge is 0.347 e. The number of para-hydroxylation sites is 1. The van der Waals surface area contributed by atoms with Gasteiger partial charge in [0.1, 0.15) is 23.7 Å². The number of hydrogen-bond donors (Lipinski definition) is 0. The van der Waals surface area contributed by atoms with Gasteiger partial charge in [-0.25, -0.2) is 9.59 Å². The van der Waals surface area contributed by atoms with Crippen molar-refractivity contribution in [2.24, 2.45) is 0 Å². The van der Waals surface area contributed by atoms with E-state index in [2.05, 4.69) is 13.5 Å². The predicted molar refractivity (Wildman–Crippen MR) is 136 cm³/mol. The lowest BCUT2D eigenvalue weighted by molar-refractivity contribution is 0.0497. The number of carbonyl (C=O) groups is 2. The van der Waals surface area contributed by atoms with Crippen molar-refractivity contribution in [3.05, 3.63) is 72.3 Å². The fourth-order valence-electron chi connectivity index (χ4n) is 3.57. The van der Waals surface area contributed by atoms with Gasteiger partial charge >= 0.3 is 11.9 Å². The Hall–Kier alpha value is -3.08. The molecule has 0 saturated heterocycles. The topological polar surface area (TPSA) is 61.8 Å². The van der Waals surface area contributed by atoms with Gasteiger partial charge in [-0.15, -0.1) is 0 Å². The Labute approximate surface area is 204 Å². The van der Waals surface area contributed by atoms with Gasteiger partial charge in [0, 0.05) is 0 Å². The molecule has 2 aromatic carbocycles. The lowest BCUT2D eigenvalue weighted by Crippen LogP contribution is -2.11. The summed E-state index contributed by atoms with van der Waals surface area (Å²) in [6.07, 6.45) is 14.0. The van der Waals surface area contributed by atoms with E-state index in [4.69, 9.17) is 14.2 Å². The van der Waals surface area contributed by atoms with E-state index in [1.165, 1.54) is 51.4 Å². The Morgan fingerprint density at radius 3 is 2.06 bits per heavy atom. The molecule has 0 unspecified atom stereocenters. The van der Waals surface area contributed by atoms with Crippen molar-refractivity contribution in [1.82, 2.24) is 0 Å². The van der Waals surface area contributed by atoms with Gasteiger partial charge in [-0.2, -0.15) is 0 Å². The molecule has 2 aromatic rings. The van der Waals surface area contributed by atoms with Crippen LogP contribution in [0.1, 0.15) is 91.8 Å². The summed E-state index contributed by atoms with van der Waals surface area (Å²) in [6, 6.07) is 13.2. The molecule has 0 bridgehead atoms. The molecule has 0 saturated carbocycles. The molecule has 0 aliphatic heterocycles. The van der Waals surface area contributed by atoms with Crippen LogP contribution < -0.4 is 9.47 Å². The van der Waals surface area contributed by atoms with E-state index in [9.17, 15) is 9.59 Å². The molecule has 34 heavy (non-hydrogen) atoms. The number of esters is 2. The van der Waals surface area contributed by atoms with Crippen LogP contribution in [0.3, 0.4) is 0 Å². The van der Waals surface area contributed by atoms with Crippen molar-refractivity contribution in [2.75, 3.05) is 13.2 Å². The highest BCUT2D eigenvalue weighted by Gasteiger charge is 2.15. The second-order valence-electron chi connectivity index (χ2n) is 8.33. The second-order valence-corrected chi connectivity index (χ2v) is 8.33. The van der Waals surface area contributed by atoms with Gasteiger partial charge in [0.05, 0.1) is 12.2 Å². The van der Waals surface area contributed by atoms with Crippen LogP contribution in [0, 0.1) is 0 Å². The highest BCUT2D eigenvalue weighted by atomic mass is 16.5. The Kier molecular flexibility index (Phi) is 13.2. The minimum atomic E-state index is -0.532. The summed E-state index contributed by atoms with van der Waals surface area (Å²) in [4.78, 5) is 24.8. The molecule has 5 nitrogen and oxygen atoms in total. The van der Waals surface area contributed by atoms with E-state index in [1.807, 2.05) is 0 Å². The van der Waals surface area contributed by atoms with Crippen LogP contribution >= 0.6 is 0 Å². The number of benzene rings is 2. The molecule has 0 heterocycles. The first-order valence-electron chi connectivity index (χ1n) is 12.5. The van der Waals surface area contributed by atoms with E-state index in [0.29, 0.717) is 35.8 Å². The zero-order valence-electron chi connectivity index (χ0n) is 20.4. The van der Waals surface area contributed by atoms with Crippen molar-refractivity contribution >= 4 is 11.9 Å². The Balaban J connectivity index is 1.68. The van der Waals surface area contributed by atoms with E-state index >= 15 is 0 Å². The lowest BCUT2D eigenvalue weighted by atomic mass is 10.1. The highest BCUT2D eigenvalue weighted by molar-refractivity contribution is 5.94. The number of ether oxygens (including phenoxy) is 3. The van der Waals surface area contributed by atoms with Crippen molar-refractivity contribution in [3.63, 3.8) is 0 Å². The first kappa shape index (κ1) is 27.2. The van der Waals surface area contributed by atoms with Crippen LogP contribution in [0.4, 0.5) is 0 Å². The number of hydrogen-bond acceptors (Lipinski definition) is 5. The van der Waals surface area contributed by atoms with Crippen molar-refractivity contribution in [1.29, 1.82) is 0 Å². The summed E-state index contributed by atoms with van der Waals surface area (Å²) in [5.74, 6) is -0.123. The third kappa shape index (κ3) is 10.2. The molecular weight excluding hydrogens is 428 g/mol. The average molecular weight is 467 g/mol. The zero-order chi connectivity index (χ0) is 24.4. The van der Waals surface area contributed by atoms with Crippen LogP contribution in [0.2, 0.25) is 0 Å². The molecule has 0 aliphatic carbocycles. The average Bonchev–Trinajstić information content (AvgIpc) is 2.86. The Bertz CT molecular complexity index is 872. The maximum Gasteiger partial charge on any atom is 0.347 e. The highest BCUT2D eigenvalue weighted by Crippen LogP contribution is 2.21. The SMILES string of the molecule is C=CCOc1ccccc1C(=O)Oc1ccc(C(=O)OCCCCCCCCCCCC)cc1. The molecule has 0 amide bonds. The molecule has 5 heteroatoms. The molecule has 0 aliphatic rings. The monoisotopic (exact) mass is 466 g/mol. The van der Waals surface area contributed by atoms with Crippen LogP contribution in [0.25, 0.3) is 0 Å². The number of carbonyl (C=O) groups excluding carboxylic acids is 2. The van der Waals surface area contributed by atoms with E-state index in [-0.39, 0.29) is 5.97 Å². The molecule has 0 radical (unpaired) electrons. The summed E-state index contributed by atoms with van der Waals surface area (Å²) >= 11 is 0. The molecule has 0 N–H and O–H groups in total. The van der Waals surface area contributed by atoms with E-state index in [1.54, 1.807) is 54.6 Å². The quantitative estimate of drug-likeness (QED) is 0.104. The van der Waals surface area contributed by atoms with Crippen LogP contribution in [-0.2, 0) is 4.74 Å². The Morgan fingerprint density at radius 2 is 1.41 bits per heavy atom. The van der Waals surface area contributed by atoms with Gasteiger partial charge < -0.3 is 14.2 Å². The first-order valence-corrected chi connectivity index (χ1v) is 12.5. The molecule has 184 valence electrons. The van der Waals surface area contributed by atoms with E-state index in [0.717, 1.165) is 12.8 Å². The van der Waals surface area contributed by atoms with Crippen LogP contribution in [-0.4, -0.2) is 25.2 Å². The summed E-state index contributed by atoms with van der Waals surface area (Å²) in [6.45, 7) is 6.57. The van der Waals surface area contributed by atoms with E-state index < -0.39 is 5.97 Å². The fourth-order valence-corrected chi connectivity index (χ4v) is 3.57. The van der Waals surface area contributed by atoms with Crippen molar-refractivity contribution < 1.29 is 23.8 Å². The lowest BCUT2D eigenvalue weighted by Gasteiger charge is -2.10. The Morgan fingerprint density at radius 1 is 0.794 bits per heavy atom. The molecule has 0 fully saturated rings. The maximum absolute atomic E-state index is 12.5. The molecule has 0 aromatic heterocycles. The number of rotatable bonds is 17. The van der Waals surface area contributed by atoms with Crippen LogP contribution in [0.5, 0.6) is 11.5 Å². The number of unbranched alkanes of at least 4 members (excludes halogenated alkanes) is 9. The van der Waals surface area contributed by atoms with Crippen molar-refractivity contribution in [3.8, 4) is 11.5 Å².